The second kappa shape index (κ2) is 3.68. The standard InChI is InChI=1S/C12H14N2O3/c1-17-11-10(12(15)16)13-8(6-2-3-6)9(14-11)7-4-5-7/h6-7H,2-5H2,1H3,(H,15,16). The van der Waals surface area contributed by atoms with Crippen LogP contribution in [0.4, 0.5) is 0 Å². The average molecular weight is 234 g/mol. The molecular formula is C12H14N2O3. The molecule has 0 unspecified atom stereocenters. The van der Waals surface area contributed by atoms with E-state index >= 15 is 0 Å². The molecule has 0 atom stereocenters. The minimum atomic E-state index is -1.07. The molecule has 0 amide bonds. The van der Waals surface area contributed by atoms with Crippen LogP contribution in [0.25, 0.3) is 0 Å². The normalized spacial score (nSPS) is 19.1. The monoisotopic (exact) mass is 234 g/mol. The maximum absolute atomic E-state index is 11.1. The van der Waals surface area contributed by atoms with Crippen LogP contribution in [0.2, 0.25) is 0 Å². The Bertz CT molecular complexity index is 479. The molecule has 1 aromatic rings. The number of rotatable bonds is 4. The molecule has 0 saturated heterocycles. The van der Waals surface area contributed by atoms with Gasteiger partial charge in [0.05, 0.1) is 18.5 Å². The van der Waals surface area contributed by atoms with Crippen molar-refractivity contribution in [1.82, 2.24) is 9.97 Å². The zero-order chi connectivity index (χ0) is 12.0. The quantitative estimate of drug-likeness (QED) is 0.861. The topological polar surface area (TPSA) is 72.3 Å². The molecule has 3 rings (SSSR count). The van der Waals surface area contributed by atoms with Crippen molar-refractivity contribution in [3.63, 3.8) is 0 Å². The summed E-state index contributed by atoms with van der Waals surface area (Å²) in [4.78, 5) is 19.7. The van der Waals surface area contributed by atoms with E-state index in [1.54, 1.807) is 0 Å². The predicted molar refractivity (Wildman–Crippen MR) is 59.5 cm³/mol. The van der Waals surface area contributed by atoms with E-state index in [2.05, 4.69) is 9.97 Å². The number of methoxy groups -OCH3 is 1. The molecule has 2 aliphatic rings. The van der Waals surface area contributed by atoms with Crippen molar-refractivity contribution in [2.75, 3.05) is 7.11 Å². The molecule has 2 aliphatic carbocycles. The van der Waals surface area contributed by atoms with Crippen molar-refractivity contribution in [1.29, 1.82) is 0 Å². The molecule has 2 fully saturated rings. The van der Waals surface area contributed by atoms with Crippen LogP contribution < -0.4 is 4.74 Å². The van der Waals surface area contributed by atoms with Crippen molar-refractivity contribution >= 4 is 5.97 Å². The summed E-state index contributed by atoms with van der Waals surface area (Å²) < 4.78 is 5.03. The molecule has 5 nitrogen and oxygen atoms in total. The number of hydrogen-bond donors (Lipinski definition) is 1. The van der Waals surface area contributed by atoms with Crippen molar-refractivity contribution in [2.45, 2.75) is 37.5 Å². The first-order valence-corrected chi connectivity index (χ1v) is 5.89. The van der Waals surface area contributed by atoms with Gasteiger partial charge in [0, 0.05) is 11.8 Å². The summed E-state index contributed by atoms with van der Waals surface area (Å²) in [5, 5.41) is 9.09. The first-order valence-electron chi connectivity index (χ1n) is 5.89. The van der Waals surface area contributed by atoms with Crippen molar-refractivity contribution in [2.24, 2.45) is 0 Å². The summed E-state index contributed by atoms with van der Waals surface area (Å²) in [6.45, 7) is 0. The lowest BCUT2D eigenvalue weighted by atomic mass is 10.1. The SMILES string of the molecule is COc1nc(C2CC2)c(C2CC2)nc1C(=O)O. The summed E-state index contributed by atoms with van der Waals surface area (Å²) in [6.07, 6.45) is 4.45. The number of nitrogens with zero attached hydrogens (tertiary/aromatic N) is 2. The maximum atomic E-state index is 11.1. The van der Waals surface area contributed by atoms with Crippen LogP contribution in [0, 0.1) is 0 Å². The largest absolute Gasteiger partial charge is 0.479 e. The van der Waals surface area contributed by atoms with Gasteiger partial charge >= 0.3 is 5.97 Å². The van der Waals surface area contributed by atoms with E-state index < -0.39 is 5.97 Å². The fourth-order valence-electron chi connectivity index (χ4n) is 2.04. The van der Waals surface area contributed by atoms with Crippen LogP contribution in [0.5, 0.6) is 5.88 Å². The first kappa shape index (κ1) is 10.5. The van der Waals surface area contributed by atoms with Crippen LogP contribution >= 0.6 is 0 Å². The molecule has 1 heterocycles. The Labute approximate surface area is 98.8 Å². The Morgan fingerprint density at radius 3 is 2.12 bits per heavy atom. The summed E-state index contributed by atoms with van der Waals surface area (Å²) in [5.74, 6) is -0.0423. The molecule has 5 heteroatoms. The fourth-order valence-corrected chi connectivity index (χ4v) is 2.04. The summed E-state index contributed by atoms with van der Waals surface area (Å²) >= 11 is 0. The molecule has 0 aromatic carbocycles. The highest BCUT2D eigenvalue weighted by Gasteiger charge is 2.37. The molecule has 0 bridgehead atoms. The van der Waals surface area contributed by atoms with Crippen LogP contribution in [0.1, 0.15) is 59.4 Å². The number of carbonyl (C=O) groups is 1. The number of aromatic carboxylic acids is 1. The average Bonchev–Trinajstić information content (AvgIpc) is 3.18. The van der Waals surface area contributed by atoms with Crippen molar-refractivity contribution < 1.29 is 14.6 Å². The lowest BCUT2D eigenvalue weighted by molar-refractivity contribution is 0.0685. The van der Waals surface area contributed by atoms with Gasteiger partial charge in [0.15, 0.2) is 0 Å². The smallest absolute Gasteiger partial charge is 0.360 e. The van der Waals surface area contributed by atoms with E-state index in [9.17, 15) is 4.79 Å². The number of carboxylic acids is 1. The highest BCUT2D eigenvalue weighted by Crippen LogP contribution is 2.48. The first-order chi connectivity index (χ1) is 8.20. The zero-order valence-electron chi connectivity index (χ0n) is 9.64. The summed E-state index contributed by atoms with van der Waals surface area (Å²) in [6, 6.07) is 0. The van der Waals surface area contributed by atoms with E-state index in [-0.39, 0.29) is 11.6 Å². The van der Waals surface area contributed by atoms with E-state index in [4.69, 9.17) is 9.84 Å². The van der Waals surface area contributed by atoms with Crippen molar-refractivity contribution in [3.8, 4) is 5.88 Å². The van der Waals surface area contributed by atoms with Gasteiger partial charge in [-0.05, 0) is 25.7 Å². The van der Waals surface area contributed by atoms with Crippen LogP contribution in [0.15, 0.2) is 0 Å². The maximum Gasteiger partial charge on any atom is 0.360 e. The predicted octanol–water partition coefficient (Wildman–Crippen LogP) is 1.94. The van der Waals surface area contributed by atoms with Gasteiger partial charge in [0.25, 0.3) is 0 Å². The Hall–Kier alpha value is -1.65. The molecule has 1 N–H and O–H groups in total. The van der Waals surface area contributed by atoms with Gasteiger partial charge in [-0.3, -0.25) is 0 Å². The summed E-state index contributed by atoms with van der Waals surface area (Å²) in [5.41, 5.74) is 1.80. The van der Waals surface area contributed by atoms with E-state index in [1.165, 1.54) is 7.11 Å². The second-order valence-corrected chi connectivity index (χ2v) is 4.71. The molecular weight excluding hydrogens is 220 g/mol. The van der Waals surface area contributed by atoms with Gasteiger partial charge < -0.3 is 9.84 Å². The zero-order valence-corrected chi connectivity index (χ0v) is 9.64. The number of aromatic nitrogens is 2. The molecule has 2 saturated carbocycles. The Kier molecular flexibility index (Phi) is 2.28. The number of carboxylic acid groups (broad SMARTS) is 1. The molecule has 0 aliphatic heterocycles. The van der Waals surface area contributed by atoms with Gasteiger partial charge in [-0.1, -0.05) is 0 Å². The van der Waals surface area contributed by atoms with Gasteiger partial charge in [0.2, 0.25) is 11.6 Å². The Balaban J connectivity index is 2.11. The third-order valence-corrected chi connectivity index (χ3v) is 3.24. The molecule has 0 spiro atoms. The Morgan fingerprint density at radius 2 is 1.71 bits per heavy atom. The lowest BCUT2D eigenvalue weighted by Crippen LogP contribution is -2.11. The lowest BCUT2D eigenvalue weighted by Gasteiger charge is -2.10. The highest BCUT2D eigenvalue weighted by atomic mass is 16.5. The minimum absolute atomic E-state index is 0.0567. The summed E-state index contributed by atoms with van der Waals surface area (Å²) in [7, 11) is 1.43. The third kappa shape index (κ3) is 1.85. The van der Waals surface area contributed by atoms with Gasteiger partial charge in [-0.25, -0.2) is 14.8 Å². The minimum Gasteiger partial charge on any atom is -0.479 e. The van der Waals surface area contributed by atoms with E-state index in [0.717, 1.165) is 37.1 Å². The van der Waals surface area contributed by atoms with Crippen molar-refractivity contribution in [3.05, 3.63) is 17.1 Å². The number of ether oxygens (including phenoxy) is 1. The Morgan fingerprint density at radius 1 is 1.18 bits per heavy atom. The molecule has 17 heavy (non-hydrogen) atoms. The molecule has 1 aromatic heterocycles. The van der Waals surface area contributed by atoms with Crippen LogP contribution in [0.3, 0.4) is 0 Å². The van der Waals surface area contributed by atoms with Crippen LogP contribution in [-0.2, 0) is 0 Å². The van der Waals surface area contributed by atoms with Crippen LogP contribution in [-0.4, -0.2) is 28.2 Å². The van der Waals surface area contributed by atoms with E-state index in [0.29, 0.717) is 11.8 Å². The fraction of sp³-hybridized carbons (Fsp3) is 0.583. The van der Waals surface area contributed by atoms with Gasteiger partial charge in [0.1, 0.15) is 0 Å². The van der Waals surface area contributed by atoms with Gasteiger partial charge in [-0.15, -0.1) is 0 Å². The molecule has 0 radical (unpaired) electrons. The third-order valence-electron chi connectivity index (χ3n) is 3.24. The van der Waals surface area contributed by atoms with E-state index in [1.807, 2.05) is 0 Å². The number of hydrogen-bond acceptors (Lipinski definition) is 4. The molecule has 90 valence electrons. The second-order valence-electron chi connectivity index (χ2n) is 4.71. The highest BCUT2D eigenvalue weighted by molar-refractivity contribution is 5.88. The van der Waals surface area contributed by atoms with Gasteiger partial charge in [-0.2, -0.15) is 0 Å².